The van der Waals surface area contributed by atoms with Gasteiger partial charge in [-0.3, -0.25) is 9.69 Å². The van der Waals surface area contributed by atoms with Gasteiger partial charge in [0.05, 0.1) is 27.3 Å². The van der Waals surface area contributed by atoms with Gasteiger partial charge in [0.1, 0.15) is 11.5 Å². The molecule has 1 aromatic heterocycles. The topological polar surface area (TPSA) is 63.9 Å². The zero-order chi connectivity index (χ0) is 16.8. The normalized spacial score (nSPS) is 10.7. The van der Waals surface area contributed by atoms with Crippen molar-refractivity contribution in [2.24, 2.45) is 0 Å². The van der Waals surface area contributed by atoms with Gasteiger partial charge in [0.25, 0.3) is 0 Å². The lowest BCUT2D eigenvalue weighted by molar-refractivity contribution is -0.117. The molecule has 0 saturated carbocycles. The molecule has 2 rings (SSSR count). The largest absolute Gasteiger partial charge is 0.493 e. The lowest BCUT2D eigenvalue weighted by Crippen LogP contribution is -2.29. The van der Waals surface area contributed by atoms with Crippen molar-refractivity contribution in [3.05, 3.63) is 41.9 Å². The number of nitrogens with one attached hydrogen (secondary N) is 1. The number of aryl methyl sites for hydroxylation is 1. The Hall–Kier alpha value is -2.47. The van der Waals surface area contributed by atoms with Crippen molar-refractivity contribution >= 4 is 11.6 Å². The van der Waals surface area contributed by atoms with E-state index in [1.165, 1.54) is 0 Å². The molecule has 0 saturated heterocycles. The van der Waals surface area contributed by atoms with Crippen molar-refractivity contribution in [1.29, 1.82) is 0 Å². The highest BCUT2D eigenvalue weighted by Gasteiger charge is 2.11. The standard InChI is InChI=1S/C17H22N2O4/c1-12-5-7-14(23-12)10-19(2)11-17(20)18-13-6-8-15(21-3)16(9-13)22-4/h5-9H,10-11H2,1-4H3,(H,18,20). The van der Waals surface area contributed by atoms with Crippen LogP contribution in [0.15, 0.2) is 34.7 Å². The number of carbonyl (C=O) groups is 1. The maximum Gasteiger partial charge on any atom is 0.238 e. The SMILES string of the molecule is COc1ccc(NC(=O)CN(C)Cc2ccc(C)o2)cc1OC. The van der Waals surface area contributed by atoms with E-state index in [4.69, 9.17) is 13.9 Å². The number of ether oxygens (including phenoxy) is 2. The van der Waals surface area contributed by atoms with Crippen LogP contribution in [0, 0.1) is 6.92 Å². The smallest absolute Gasteiger partial charge is 0.238 e. The molecule has 1 aromatic carbocycles. The summed E-state index contributed by atoms with van der Waals surface area (Å²) in [4.78, 5) is 14.0. The van der Waals surface area contributed by atoms with E-state index in [1.54, 1.807) is 32.4 Å². The number of amides is 1. The molecule has 0 aliphatic rings. The average Bonchev–Trinajstić information content (AvgIpc) is 2.91. The van der Waals surface area contributed by atoms with Gasteiger partial charge in [-0.2, -0.15) is 0 Å². The van der Waals surface area contributed by atoms with Gasteiger partial charge in [-0.05, 0) is 38.2 Å². The third-order valence-electron chi connectivity index (χ3n) is 3.30. The molecular weight excluding hydrogens is 296 g/mol. The summed E-state index contributed by atoms with van der Waals surface area (Å²) in [5.74, 6) is 2.79. The highest BCUT2D eigenvalue weighted by atomic mass is 16.5. The Labute approximate surface area is 136 Å². The van der Waals surface area contributed by atoms with Gasteiger partial charge in [-0.1, -0.05) is 0 Å². The van der Waals surface area contributed by atoms with Gasteiger partial charge in [-0.15, -0.1) is 0 Å². The lowest BCUT2D eigenvalue weighted by atomic mass is 10.2. The van der Waals surface area contributed by atoms with E-state index in [0.717, 1.165) is 11.5 Å². The minimum Gasteiger partial charge on any atom is -0.493 e. The van der Waals surface area contributed by atoms with E-state index in [9.17, 15) is 4.79 Å². The summed E-state index contributed by atoms with van der Waals surface area (Å²) in [5, 5.41) is 2.84. The number of hydrogen-bond acceptors (Lipinski definition) is 5. The first-order valence-electron chi connectivity index (χ1n) is 7.27. The minimum absolute atomic E-state index is 0.108. The summed E-state index contributed by atoms with van der Waals surface area (Å²) in [6.07, 6.45) is 0. The summed E-state index contributed by atoms with van der Waals surface area (Å²) in [6.45, 7) is 2.73. The summed E-state index contributed by atoms with van der Waals surface area (Å²) >= 11 is 0. The fourth-order valence-corrected chi connectivity index (χ4v) is 2.25. The molecular formula is C17H22N2O4. The van der Waals surface area contributed by atoms with Crippen molar-refractivity contribution in [2.45, 2.75) is 13.5 Å². The van der Waals surface area contributed by atoms with E-state index < -0.39 is 0 Å². The molecule has 0 atom stereocenters. The highest BCUT2D eigenvalue weighted by molar-refractivity contribution is 5.92. The Kier molecular flexibility index (Phi) is 5.65. The first-order chi connectivity index (χ1) is 11.0. The molecule has 1 heterocycles. The van der Waals surface area contributed by atoms with E-state index in [1.807, 2.05) is 31.0 Å². The molecule has 2 aromatic rings. The molecule has 23 heavy (non-hydrogen) atoms. The molecule has 0 spiro atoms. The zero-order valence-electron chi connectivity index (χ0n) is 13.9. The highest BCUT2D eigenvalue weighted by Crippen LogP contribution is 2.29. The second-order valence-corrected chi connectivity index (χ2v) is 5.30. The van der Waals surface area contributed by atoms with E-state index in [-0.39, 0.29) is 12.5 Å². The van der Waals surface area contributed by atoms with Crippen LogP contribution in [0.4, 0.5) is 5.69 Å². The van der Waals surface area contributed by atoms with Crippen LogP contribution in [0.5, 0.6) is 11.5 Å². The molecule has 6 nitrogen and oxygen atoms in total. The molecule has 6 heteroatoms. The van der Waals surface area contributed by atoms with Gasteiger partial charge in [-0.25, -0.2) is 0 Å². The number of furan rings is 1. The van der Waals surface area contributed by atoms with Gasteiger partial charge >= 0.3 is 0 Å². The average molecular weight is 318 g/mol. The van der Waals surface area contributed by atoms with E-state index in [0.29, 0.717) is 23.7 Å². The van der Waals surface area contributed by atoms with Crippen LogP contribution in [0.3, 0.4) is 0 Å². The maximum absolute atomic E-state index is 12.1. The van der Waals surface area contributed by atoms with Gasteiger partial charge < -0.3 is 19.2 Å². The maximum atomic E-state index is 12.1. The summed E-state index contributed by atoms with van der Waals surface area (Å²) < 4.78 is 15.9. The fraction of sp³-hybridized carbons (Fsp3) is 0.353. The van der Waals surface area contributed by atoms with Crippen LogP contribution in [0.1, 0.15) is 11.5 Å². The van der Waals surface area contributed by atoms with E-state index >= 15 is 0 Å². The summed E-state index contributed by atoms with van der Waals surface area (Å²) in [5.41, 5.74) is 0.662. The Morgan fingerprint density at radius 3 is 2.52 bits per heavy atom. The van der Waals surface area contributed by atoms with Crippen LogP contribution in [0.2, 0.25) is 0 Å². The number of anilines is 1. The van der Waals surface area contributed by atoms with Crippen LogP contribution in [0.25, 0.3) is 0 Å². The van der Waals surface area contributed by atoms with Crippen molar-refractivity contribution in [1.82, 2.24) is 4.90 Å². The lowest BCUT2D eigenvalue weighted by Gasteiger charge is -2.15. The molecule has 0 aliphatic heterocycles. The number of methoxy groups -OCH3 is 2. The monoisotopic (exact) mass is 318 g/mol. The number of likely N-dealkylation sites (N-methyl/N-ethyl adjacent to an activating group) is 1. The quantitative estimate of drug-likeness (QED) is 0.850. The number of nitrogens with zero attached hydrogens (tertiary/aromatic N) is 1. The van der Waals surface area contributed by atoms with Gasteiger partial charge in [0.2, 0.25) is 5.91 Å². The fourth-order valence-electron chi connectivity index (χ4n) is 2.25. The Morgan fingerprint density at radius 2 is 1.91 bits per heavy atom. The number of benzene rings is 1. The van der Waals surface area contributed by atoms with Crippen LogP contribution < -0.4 is 14.8 Å². The number of rotatable bonds is 7. The summed E-state index contributed by atoms with van der Waals surface area (Å²) in [6, 6.07) is 9.08. The molecule has 0 bridgehead atoms. The second-order valence-electron chi connectivity index (χ2n) is 5.30. The Balaban J connectivity index is 1.91. The van der Waals surface area contributed by atoms with Gasteiger partial charge in [0, 0.05) is 11.8 Å². The summed E-state index contributed by atoms with van der Waals surface area (Å²) in [7, 11) is 5.00. The zero-order valence-corrected chi connectivity index (χ0v) is 13.9. The second kappa shape index (κ2) is 7.69. The van der Waals surface area contributed by atoms with Crippen molar-refractivity contribution < 1.29 is 18.7 Å². The number of carbonyl (C=O) groups excluding carboxylic acids is 1. The Bertz CT molecular complexity index is 666. The predicted octanol–water partition coefficient (Wildman–Crippen LogP) is 2.68. The van der Waals surface area contributed by atoms with Crippen molar-refractivity contribution in [3.63, 3.8) is 0 Å². The van der Waals surface area contributed by atoms with Crippen LogP contribution in [-0.4, -0.2) is 38.6 Å². The molecule has 0 aliphatic carbocycles. The molecule has 1 N–H and O–H groups in total. The number of hydrogen-bond donors (Lipinski definition) is 1. The molecule has 124 valence electrons. The first kappa shape index (κ1) is 16.9. The van der Waals surface area contributed by atoms with Crippen molar-refractivity contribution in [3.8, 4) is 11.5 Å². The van der Waals surface area contributed by atoms with Crippen molar-refractivity contribution in [2.75, 3.05) is 33.1 Å². The first-order valence-corrected chi connectivity index (χ1v) is 7.27. The predicted molar refractivity (Wildman–Crippen MR) is 88.0 cm³/mol. The molecule has 0 fully saturated rings. The third kappa shape index (κ3) is 4.75. The van der Waals surface area contributed by atoms with Gasteiger partial charge in [0.15, 0.2) is 11.5 Å². The third-order valence-corrected chi connectivity index (χ3v) is 3.30. The molecule has 0 unspecified atom stereocenters. The van der Waals surface area contributed by atoms with Crippen LogP contribution in [-0.2, 0) is 11.3 Å². The Morgan fingerprint density at radius 1 is 1.17 bits per heavy atom. The van der Waals surface area contributed by atoms with E-state index in [2.05, 4.69) is 5.32 Å². The van der Waals surface area contributed by atoms with Crippen LogP contribution >= 0.6 is 0 Å². The minimum atomic E-state index is -0.108. The molecule has 1 amide bonds. The molecule has 0 radical (unpaired) electrons.